The van der Waals surface area contributed by atoms with Gasteiger partial charge in [-0.15, -0.1) is 10.2 Å². The van der Waals surface area contributed by atoms with Gasteiger partial charge in [0.15, 0.2) is 15.8 Å². The highest BCUT2D eigenvalue weighted by molar-refractivity contribution is 8.00. The van der Waals surface area contributed by atoms with Crippen LogP contribution in [-0.2, 0) is 5.75 Å². The van der Waals surface area contributed by atoms with E-state index in [4.69, 9.17) is 20.5 Å². The number of carbonyl (C=O) groups is 1. The lowest BCUT2D eigenvalue weighted by Crippen LogP contribution is -2.11. The highest BCUT2D eigenvalue weighted by Crippen LogP contribution is 2.29. The van der Waals surface area contributed by atoms with Crippen molar-refractivity contribution < 1.29 is 13.7 Å². The highest BCUT2D eigenvalue weighted by atomic mass is 35.5. The molecule has 27 heavy (non-hydrogen) atoms. The van der Waals surface area contributed by atoms with Crippen LogP contribution in [0.4, 0.5) is 5.13 Å². The van der Waals surface area contributed by atoms with E-state index in [1.807, 2.05) is 24.3 Å². The van der Waals surface area contributed by atoms with E-state index in [-0.39, 0.29) is 5.69 Å². The third-order valence-corrected chi connectivity index (χ3v) is 5.66. The molecule has 3 aromatic heterocycles. The molecule has 1 amide bonds. The van der Waals surface area contributed by atoms with E-state index >= 15 is 0 Å². The fraction of sp³-hybridized carbons (Fsp3) is 0.0588. The minimum absolute atomic E-state index is 0.129. The second-order valence-electron chi connectivity index (χ2n) is 5.30. The van der Waals surface area contributed by atoms with E-state index in [1.54, 1.807) is 12.1 Å². The molecule has 0 saturated carbocycles. The molecule has 136 valence electrons. The zero-order valence-corrected chi connectivity index (χ0v) is 16.0. The Kier molecular flexibility index (Phi) is 5.23. The highest BCUT2D eigenvalue weighted by Gasteiger charge is 2.17. The van der Waals surface area contributed by atoms with E-state index in [0.29, 0.717) is 27.4 Å². The maximum absolute atomic E-state index is 12.3. The Morgan fingerprint density at radius 1 is 1.19 bits per heavy atom. The van der Waals surface area contributed by atoms with Crippen LogP contribution in [0.15, 0.2) is 62.0 Å². The van der Waals surface area contributed by atoms with E-state index in [2.05, 4.69) is 20.7 Å². The summed E-state index contributed by atoms with van der Waals surface area (Å²) in [4.78, 5) is 12.3. The predicted octanol–water partition coefficient (Wildman–Crippen LogP) is 4.98. The van der Waals surface area contributed by atoms with Crippen molar-refractivity contribution in [3.63, 3.8) is 0 Å². The average molecular weight is 419 g/mol. The summed E-state index contributed by atoms with van der Waals surface area (Å²) >= 11 is 8.78. The lowest BCUT2D eigenvalue weighted by Gasteiger charge is -1.98. The molecule has 0 aliphatic heterocycles. The molecule has 4 aromatic rings. The van der Waals surface area contributed by atoms with Gasteiger partial charge in [-0.05, 0) is 29.8 Å². The van der Waals surface area contributed by atoms with Crippen LogP contribution in [0.3, 0.4) is 0 Å². The van der Waals surface area contributed by atoms with Crippen molar-refractivity contribution >= 4 is 45.7 Å². The first-order chi connectivity index (χ1) is 13.2. The Morgan fingerprint density at radius 3 is 2.93 bits per heavy atom. The summed E-state index contributed by atoms with van der Waals surface area (Å²) in [5, 5.41) is 15.5. The molecule has 1 N–H and O–H groups in total. The van der Waals surface area contributed by atoms with Gasteiger partial charge in [0.1, 0.15) is 0 Å². The molecular formula is C17H11ClN4O3S2. The van der Waals surface area contributed by atoms with Gasteiger partial charge in [0.05, 0.1) is 6.26 Å². The van der Waals surface area contributed by atoms with Crippen LogP contribution < -0.4 is 5.32 Å². The zero-order chi connectivity index (χ0) is 18.6. The molecular weight excluding hydrogens is 408 g/mol. The number of rotatable bonds is 6. The van der Waals surface area contributed by atoms with Crippen LogP contribution in [0.5, 0.6) is 0 Å². The predicted molar refractivity (Wildman–Crippen MR) is 103 cm³/mol. The summed E-state index contributed by atoms with van der Waals surface area (Å²) in [6.45, 7) is 0. The van der Waals surface area contributed by atoms with Gasteiger partial charge in [-0.3, -0.25) is 10.1 Å². The van der Waals surface area contributed by atoms with Crippen LogP contribution >= 0.6 is 34.7 Å². The van der Waals surface area contributed by atoms with E-state index in [1.165, 1.54) is 35.4 Å². The Balaban J connectivity index is 1.37. The van der Waals surface area contributed by atoms with Crippen molar-refractivity contribution in [1.82, 2.24) is 15.4 Å². The molecule has 4 rings (SSSR count). The molecule has 0 bridgehead atoms. The van der Waals surface area contributed by atoms with Gasteiger partial charge >= 0.3 is 0 Å². The third-order valence-electron chi connectivity index (χ3n) is 3.39. The number of amides is 1. The maximum atomic E-state index is 12.3. The van der Waals surface area contributed by atoms with Crippen molar-refractivity contribution in [2.24, 2.45) is 0 Å². The van der Waals surface area contributed by atoms with Gasteiger partial charge in [0, 0.05) is 16.8 Å². The minimum atomic E-state index is -0.431. The second kappa shape index (κ2) is 7.95. The largest absolute Gasteiger partial charge is 0.461 e. The number of nitrogens with one attached hydrogen (secondary N) is 1. The maximum Gasteiger partial charge on any atom is 0.279 e. The van der Waals surface area contributed by atoms with E-state index < -0.39 is 5.91 Å². The molecule has 0 saturated heterocycles. The topological polar surface area (TPSA) is 94.1 Å². The van der Waals surface area contributed by atoms with Crippen LogP contribution in [0, 0.1) is 0 Å². The lowest BCUT2D eigenvalue weighted by atomic mass is 10.2. The molecule has 7 nitrogen and oxygen atoms in total. The number of anilines is 1. The van der Waals surface area contributed by atoms with E-state index in [9.17, 15) is 4.79 Å². The normalized spacial score (nSPS) is 10.9. The van der Waals surface area contributed by atoms with Crippen LogP contribution in [-0.4, -0.2) is 21.3 Å². The van der Waals surface area contributed by atoms with Gasteiger partial charge in [-0.1, -0.05) is 52.0 Å². The second-order valence-corrected chi connectivity index (χ2v) is 7.94. The smallest absolute Gasteiger partial charge is 0.279 e. The van der Waals surface area contributed by atoms with Crippen LogP contribution in [0.1, 0.15) is 16.1 Å². The summed E-state index contributed by atoms with van der Waals surface area (Å²) < 4.78 is 11.1. The average Bonchev–Trinajstić information content (AvgIpc) is 3.40. The van der Waals surface area contributed by atoms with Crippen molar-refractivity contribution in [1.29, 1.82) is 0 Å². The zero-order valence-electron chi connectivity index (χ0n) is 13.6. The molecule has 0 spiro atoms. The number of furan rings is 1. The number of carbonyl (C=O) groups excluding carboxylic acids is 1. The number of hydrogen-bond acceptors (Lipinski definition) is 8. The fourth-order valence-electron chi connectivity index (χ4n) is 2.17. The van der Waals surface area contributed by atoms with Gasteiger partial charge < -0.3 is 8.94 Å². The first kappa shape index (κ1) is 17.8. The summed E-state index contributed by atoms with van der Waals surface area (Å²) in [7, 11) is 0. The molecule has 1 aromatic carbocycles. The summed E-state index contributed by atoms with van der Waals surface area (Å²) in [6, 6.07) is 12.6. The Labute approximate surface area is 166 Å². The van der Waals surface area contributed by atoms with Gasteiger partial charge in [-0.25, -0.2) is 0 Å². The van der Waals surface area contributed by atoms with Crippen molar-refractivity contribution in [2.45, 2.75) is 10.1 Å². The fourth-order valence-corrected chi connectivity index (χ4v) is 4.07. The third kappa shape index (κ3) is 4.38. The molecule has 0 radical (unpaired) electrons. The molecule has 0 fully saturated rings. The number of thioether (sulfide) groups is 1. The Bertz CT molecular complexity index is 1060. The number of aromatic nitrogens is 3. The molecule has 3 heterocycles. The summed E-state index contributed by atoms with van der Waals surface area (Å²) in [5.74, 6) is 1.15. The van der Waals surface area contributed by atoms with Gasteiger partial charge in [0.2, 0.25) is 10.9 Å². The van der Waals surface area contributed by atoms with Crippen LogP contribution in [0.2, 0.25) is 5.02 Å². The standard InChI is InChI=1S/C17H11ClN4O3S2/c18-11-4-1-3-10(7-11)9-26-17-21-20-16(27-17)19-15(23)12-8-14(25-22-12)13-5-2-6-24-13/h1-8H,9H2,(H,19,20,23). The first-order valence-corrected chi connectivity index (χ1v) is 9.88. The first-order valence-electron chi connectivity index (χ1n) is 7.70. The van der Waals surface area contributed by atoms with Crippen molar-refractivity contribution in [3.8, 4) is 11.5 Å². The number of hydrogen-bond donors (Lipinski definition) is 1. The summed E-state index contributed by atoms with van der Waals surface area (Å²) in [6.07, 6.45) is 1.52. The summed E-state index contributed by atoms with van der Waals surface area (Å²) in [5.41, 5.74) is 1.21. The molecule has 10 heteroatoms. The Morgan fingerprint density at radius 2 is 2.11 bits per heavy atom. The molecule has 0 atom stereocenters. The van der Waals surface area contributed by atoms with Gasteiger partial charge in [0.25, 0.3) is 5.91 Å². The van der Waals surface area contributed by atoms with Crippen molar-refractivity contribution in [2.75, 3.05) is 5.32 Å². The number of halogens is 1. The monoisotopic (exact) mass is 418 g/mol. The molecule has 0 unspecified atom stereocenters. The molecule has 0 aliphatic carbocycles. The number of nitrogens with zero attached hydrogens (tertiary/aromatic N) is 3. The molecule has 0 aliphatic rings. The van der Waals surface area contributed by atoms with Crippen molar-refractivity contribution in [3.05, 3.63) is 65.0 Å². The lowest BCUT2D eigenvalue weighted by molar-refractivity contribution is 0.101. The van der Waals surface area contributed by atoms with E-state index in [0.717, 1.165) is 9.90 Å². The quantitative estimate of drug-likeness (QED) is 0.348. The Hall–Kier alpha value is -2.62. The SMILES string of the molecule is O=C(Nc1nnc(SCc2cccc(Cl)c2)s1)c1cc(-c2ccco2)on1. The number of benzene rings is 1. The van der Waals surface area contributed by atoms with Gasteiger partial charge in [-0.2, -0.15) is 0 Å². The van der Waals surface area contributed by atoms with Crippen LogP contribution in [0.25, 0.3) is 11.5 Å². The minimum Gasteiger partial charge on any atom is -0.461 e.